The van der Waals surface area contributed by atoms with Gasteiger partial charge in [0.25, 0.3) is 0 Å². The number of anilines is 1. The molecular formula is C10H11ClF4N2O. The third-order valence-electron chi connectivity index (χ3n) is 1.94. The molecule has 1 amide bonds. The zero-order chi connectivity index (χ0) is 13.1. The average molecular weight is 287 g/mol. The summed E-state index contributed by atoms with van der Waals surface area (Å²) in [6, 6.07) is 1.80. The highest BCUT2D eigenvalue weighted by Crippen LogP contribution is 2.31. The van der Waals surface area contributed by atoms with Crippen molar-refractivity contribution in [1.29, 1.82) is 0 Å². The predicted octanol–water partition coefficient (Wildman–Crippen LogP) is 2.55. The second kappa shape index (κ2) is 6.55. The van der Waals surface area contributed by atoms with Gasteiger partial charge < -0.3 is 11.1 Å². The highest BCUT2D eigenvalue weighted by Gasteiger charge is 2.31. The summed E-state index contributed by atoms with van der Waals surface area (Å²) in [5.41, 5.74) is 3.56. The molecule has 0 bridgehead atoms. The summed E-state index contributed by atoms with van der Waals surface area (Å²) in [6.07, 6.45) is -4.67. The van der Waals surface area contributed by atoms with Gasteiger partial charge in [-0.15, -0.1) is 12.4 Å². The molecule has 8 heteroatoms. The molecule has 0 aliphatic heterocycles. The van der Waals surface area contributed by atoms with E-state index in [4.69, 9.17) is 5.73 Å². The van der Waals surface area contributed by atoms with Crippen LogP contribution < -0.4 is 11.1 Å². The Labute approximate surface area is 107 Å². The van der Waals surface area contributed by atoms with Crippen molar-refractivity contribution in [3.05, 3.63) is 29.6 Å². The molecule has 0 aliphatic carbocycles. The zero-order valence-electron chi connectivity index (χ0n) is 9.05. The van der Waals surface area contributed by atoms with E-state index in [9.17, 15) is 22.4 Å². The van der Waals surface area contributed by atoms with Gasteiger partial charge in [-0.25, -0.2) is 4.39 Å². The van der Waals surface area contributed by atoms with Gasteiger partial charge in [-0.3, -0.25) is 4.79 Å². The van der Waals surface area contributed by atoms with E-state index in [1.54, 1.807) is 0 Å². The van der Waals surface area contributed by atoms with E-state index >= 15 is 0 Å². The first-order valence-corrected chi connectivity index (χ1v) is 4.71. The molecule has 3 N–H and O–H groups in total. The summed E-state index contributed by atoms with van der Waals surface area (Å²) in [7, 11) is 0. The molecule has 1 aromatic rings. The molecule has 0 unspecified atom stereocenters. The van der Waals surface area contributed by atoms with Gasteiger partial charge in [0.05, 0.1) is 11.3 Å². The van der Waals surface area contributed by atoms with E-state index in [0.29, 0.717) is 18.2 Å². The number of carbonyl (C=O) groups is 1. The van der Waals surface area contributed by atoms with E-state index in [-0.39, 0.29) is 25.4 Å². The maximum Gasteiger partial charge on any atom is 0.416 e. The molecule has 0 spiro atoms. The van der Waals surface area contributed by atoms with Crippen molar-refractivity contribution in [2.75, 3.05) is 11.9 Å². The fourth-order valence-electron chi connectivity index (χ4n) is 1.14. The number of hydrogen-bond donors (Lipinski definition) is 2. The Morgan fingerprint density at radius 2 is 1.94 bits per heavy atom. The van der Waals surface area contributed by atoms with Gasteiger partial charge in [-0.1, -0.05) is 0 Å². The second-order valence-corrected chi connectivity index (χ2v) is 3.28. The number of amides is 1. The number of benzene rings is 1. The van der Waals surface area contributed by atoms with Gasteiger partial charge in [0.2, 0.25) is 5.91 Å². The van der Waals surface area contributed by atoms with Gasteiger partial charge in [-0.2, -0.15) is 13.2 Å². The summed E-state index contributed by atoms with van der Waals surface area (Å²) in [4.78, 5) is 11.1. The fraction of sp³-hybridized carbons (Fsp3) is 0.300. The van der Waals surface area contributed by atoms with E-state index < -0.39 is 29.2 Å². The lowest BCUT2D eigenvalue weighted by Crippen LogP contribution is -2.17. The van der Waals surface area contributed by atoms with Crippen LogP contribution in [-0.4, -0.2) is 12.5 Å². The summed E-state index contributed by atoms with van der Waals surface area (Å²) in [6.45, 7) is 0.0341. The summed E-state index contributed by atoms with van der Waals surface area (Å²) in [5.74, 6) is -1.56. The maximum atomic E-state index is 13.1. The van der Waals surface area contributed by atoms with Crippen molar-refractivity contribution in [3.8, 4) is 0 Å². The molecule has 0 fully saturated rings. The van der Waals surface area contributed by atoms with Crippen LogP contribution in [0.2, 0.25) is 0 Å². The Morgan fingerprint density at radius 1 is 1.33 bits per heavy atom. The first-order valence-electron chi connectivity index (χ1n) is 4.71. The monoisotopic (exact) mass is 286 g/mol. The van der Waals surface area contributed by atoms with Crippen LogP contribution in [0.1, 0.15) is 12.0 Å². The Kier molecular flexibility index (Phi) is 6.07. The third kappa shape index (κ3) is 4.50. The average Bonchev–Trinajstić information content (AvgIpc) is 2.20. The molecule has 102 valence electrons. The number of carbonyl (C=O) groups excluding carboxylic acids is 1. The minimum absolute atomic E-state index is 0. The van der Waals surface area contributed by atoms with E-state index in [1.165, 1.54) is 0 Å². The SMILES string of the molecule is Cl.NCCC(=O)Nc1cc(C(F)(F)F)ccc1F. The summed E-state index contributed by atoms with van der Waals surface area (Å²) in [5, 5.41) is 2.03. The topological polar surface area (TPSA) is 55.1 Å². The van der Waals surface area contributed by atoms with Crippen LogP contribution in [0.4, 0.5) is 23.2 Å². The number of rotatable bonds is 3. The molecule has 0 radical (unpaired) electrons. The van der Waals surface area contributed by atoms with Crippen LogP contribution in [0.15, 0.2) is 18.2 Å². The molecular weight excluding hydrogens is 276 g/mol. The maximum absolute atomic E-state index is 13.1. The minimum Gasteiger partial charge on any atom is -0.330 e. The quantitative estimate of drug-likeness (QED) is 0.839. The normalized spacial score (nSPS) is 10.7. The van der Waals surface area contributed by atoms with Crippen molar-refractivity contribution >= 4 is 24.0 Å². The van der Waals surface area contributed by atoms with Crippen LogP contribution in [0, 0.1) is 5.82 Å². The van der Waals surface area contributed by atoms with Gasteiger partial charge in [0.1, 0.15) is 5.82 Å². The van der Waals surface area contributed by atoms with E-state index in [1.807, 2.05) is 5.32 Å². The van der Waals surface area contributed by atoms with Crippen LogP contribution in [0.25, 0.3) is 0 Å². The molecule has 1 aromatic carbocycles. The molecule has 0 atom stereocenters. The molecule has 3 nitrogen and oxygen atoms in total. The van der Waals surface area contributed by atoms with E-state index in [0.717, 1.165) is 0 Å². The largest absolute Gasteiger partial charge is 0.416 e. The number of nitrogens with two attached hydrogens (primary N) is 1. The lowest BCUT2D eigenvalue weighted by atomic mass is 10.2. The van der Waals surface area contributed by atoms with Crippen LogP contribution in [0.5, 0.6) is 0 Å². The fourth-order valence-corrected chi connectivity index (χ4v) is 1.14. The standard InChI is InChI=1S/C10H10F4N2O.ClH/c11-7-2-1-6(10(12,13)14)5-8(7)16-9(17)3-4-15;/h1-2,5H,3-4,15H2,(H,16,17);1H. The zero-order valence-corrected chi connectivity index (χ0v) is 9.87. The van der Waals surface area contributed by atoms with Gasteiger partial charge in [0.15, 0.2) is 0 Å². The molecule has 0 saturated heterocycles. The van der Waals surface area contributed by atoms with Crippen molar-refractivity contribution in [3.63, 3.8) is 0 Å². The Hall–Kier alpha value is -1.34. The van der Waals surface area contributed by atoms with Crippen molar-refractivity contribution < 1.29 is 22.4 Å². The van der Waals surface area contributed by atoms with Crippen molar-refractivity contribution in [2.45, 2.75) is 12.6 Å². The van der Waals surface area contributed by atoms with Crippen molar-refractivity contribution in [2.24, 2.45) is 5.73 Å². The highest BCUT2D eigenvalue weighted by atomic mass is 35.5. The molecule has 0 aliphatic rings. The third-order valence-corrected chi connectivity index (χ3v) is 1.94. The summed E-state index contributed by atoms with van der Waals surface area (Å²) < 4.78 is 50.1. The minimum atomic E-state index is -4.58. The number of hydrogen-bond acceptors (Lipinski definition) is 2. The highest BCUT2D eigenvalue weighted by molar-refractivity contribution is 5.91. The van der Waals surface area contributed by atoms with Crippen LogP contribution in [-0.2, 0) is 11.0 Å². The number of alkyl halides is 3. The molecule has 0 aromatic heterocycles. The van der Waals surface area contributed by atoms with Gasteiger partial charge in [-0.05, 0) is 18.2 Å². The number of halogens is 5. The lowest BCUT2D eigenvalue weighted by molar-refractivity contribution is -0.137. The molecule has 1 rings (SSSR count). The molecule has 0 heterocycles. The van der Waals surface area contributed by atoms with Gasteiger partial charge >= 0.3 is 6.18 Å². The van der Waals surface area contributed by atoms with E-state index in [2.05, 4.69) is 0 Å². The molecule has 0 saturated carbocycles. The molecule has 18 heavy (non-hydrogen) atoms. The van der Waals surface area contributed by atoms with Gasteiger partial charge in [0, 0.05) is 13.0 Å². The smallest absolute Gasteiger partial charge is 0.330 e. The Morgan fingerprint density at radius 3 is 2.44 bits per heavy atom. The Balaban J connectivity index is 0.00000289. The Bertz CT molecular complexity index is 423. The predicted molar refractivity (Wildman–Crippen MR) is 61.0 cm³/mol. The van der Waals surface area contributed by atoms with Crippen LogP contribution in [0.3, 0.4) is 0 Å². The first kappa shape index (κ1) is 16.7. The van der Waals surface area contributed by atoms with Crippen LogP contribution >= 0.6 is 12.4 Å². The second-order valence-electron chi connectivity index (χ2n) is 3.28. The summed E-state index contributed by atoms with van der Waals surface area (Å²) >= 11 is 0. The van der Waals surface area contributed by atoms with Crippen molar-refractivity contribution in [1.82, 2.24) is 0 Å². The first-order chi connectivity index (χ1) is 7.84. The number of nitrogens with one attached hydrogen (secondary N) is 1. The lowest BCUT2D eigenvalue weighted by Gasteiger charge is -2.10.